The van der Waals surface area contributed by atoms with Gasteiger partial charge in [-0.25, -0.2) is 0 Å². The summed E-state index contributed by atoms with van der Waals surface area (Å²) in [7, 11) is 0. The Bertz CT molecular complexity index is 818. The number of nitrogens with one attached hydrogen (secondary N) is 3. The lowest BCUT2D eigenvalue weighted by atomic mass is 10.2. The van der Waals surface area contributed by atoms with E-state index in [-0.39, 0.29) is 0 Å². The second-order valence-electron chi connectivity index (χ2n) is 5.50. The molecule has 25 heavy (non-hydrogen) atoms. The van der Waals surface area contributed by atoms with E-state index in [0.717, 1.165) is 27.6 Å². The number of hydrogen-bond donors (Lipinski definition) is 3. The highest BCUT2D eigenvalue weighted by atomic mass is 35.5. The van der Waals surface area contributed by atoms with Crippen LogP contribution >= 0.6 is 23.8 Å². The van der Waals surface area contributed by atoms with Gasteiger partial charge in [0.15, 0.2) is 5.11 Å². The number of rotatable bonds is 5. The average molecular weight is 368 g/mol. The molecule has 0 aliphatic rings. The fourth-order valence-electron chi connectivity index (χ4n) is 2.28. The van der Waals surface area contributed by atoms with E-state index in [1.807, 2.05) is 78.9 Å². The van der Waals surface area contributed by atoms with Crippen molar-refractivity contribution < 1.29 is 0 Å². The molecule has 0 unspecified atom stereocenters. The summed E-state index contributed by atoms with van der Waals surface area (Å²) in [5, 5.41) is 11.0. The maximum atomic E-state index is 5.88. The number of thiocarbonyl (C=S) groups is 1. The van der Waals surface area contributed by atoms with E-state index in [2.05, 4.69) is 16.0 Å². The molecule has 0 atom stereocenters. The Labute approximate surface area is 158 Å². The van der Waals surface area contributed by atoms with Crippen molar-refractivity contribution >= 4 is 46.0 Å². The molecule has 0 fully saturated rings. The molecule has 0 heterocycles. The van der Waals surface area contributed by atoms with Gasteiger partial charge in [0.05, 0.1) is 0 Å². The zero-order chi connectivity index (χ0) is 17.5. The normalized spacial score (nSPS) is 10.1. The summed E-state index contributed by atoms with van der Waals surface area (Å²) in [4.78, 5) is 0. The highest BCUT2D eigenvalue weighted by Crippen LogP contribution is 2.18. The SMILES string of the molecule is S=C(NCc1ccc(Cl)cc1)Nc1ccc(Nc2ccccc2)cc1. The fraction of sp³-hybridized carbons (Fsp3) is 0.0500. The van der Waals surface area contributed by atoms with Crippen LogP contribution in [0.25, 0.3) is 0 Å². The standard InChI is InChI=1S/C20H18ClN3S/c21-16-8-6-15(7-9-16)14-22-20(25)24-19-12-10-18(11-13-19)23-17-4-2-1-3-5-17/h1-13,23H,14H2,(H2,22,24,25). The molecule has 3 aromatic carbocycles. The van der Waals surface area contributed by atoms with Gasteiger partial charge in [-0.1, -0.05) is 41.9 Å². The van der Waals surface area contributed by atoms with Gasteiger partial charge in [0.25, 0.3) is 0 Å². The van der Waals surface area contributed by atoms with Crippen LogP contribution in [0.1, 0.15) is 5.56 Å². The molecule has 0 amide bonds. The monoisotopic (exact) mass is 367 g/mol. The number of para-hydroxylation sites is 1. The fourth-order valence-corrected chi connectivity index (χ4v) is 2.60. The topological polar surface area (TPSA) is 36.1 Å². The minimum Gasteiger partial charge on any atom is -0.358 e. The average Bonchev–Trinajstić information content (AvgIpc) is 2.64. The van der Waals surface area contributed by atoms with Crippen LogP contribution in [-0.2, 0) is 6.54 Å². The highest BCUT2D eigenvalue weighted by Gasteiger charge is 2.00. The van der Waals surface area contributed by atoms with Crippen molar-refractivity contribution in [2.24, 2.45) is 0 Å². The predicted molar refractivity (Wildman–Crippen MR) is 111 cm³/mol. The lowest BCUT2D eigenvalue weighted by Gasteiger charge is -2.12. The van der Waals surface area contributed by atoms with Crippen LogP contribution in [0.2, 0.25) is 5.02 Å². The first-order valence-electron chi connectivity index (χ1n) is 7.90. The van der Waals surface area contributed by atoms with Gasteiger partial charge in [-0.2, -0.15) is 0 Å². The zero-order valence-corrected chi connectivity index (χ0v) is 15.1. The van der Waals surface area contributed by atoms with Crippen LogP contribution in [0, 0.1) is 0 Å². The van der Waals surface area contributed by atoms with E-state index in [1.54, 1.807) is 0 Å². The maximum absolute atomic E-state index is 5.88. The summed E-state index contributed by atoms with van der Waals surface area (Å²) in [6.07, 6.45) is 0. The first-order chi connectivity index (χ1) is 12.2. The summed E-state index contributed by atoms with van der Waals surface area (Å²) in [6, 6.07) is 25.7. The Morgan fingerprint density at radius 2 is 1.36 bits per heavy atom. The summed E-state index contributed by atoms with van der Waals surface area (Å²) >= 11 is 11.2. The molecule has 3 nitrogen and oxygen atoms in total. The third kappa shape index (κ3) is 5.48. The van der Waals surface area contributed by atoms with Crippen LogP contribution in [-0.4, -0.2) is 5.11 Å². The van der Waals surface area contributed by atoms with Gasteiger partial charge in [0, 0.05) is 28.6 Å². The smallest absolute Gasteiger partial charge is 0.171 e. The van der Waals surface area contributed by atoms with E-state index in [1.165, 1.54) is 0 Å². The Kier molecular flexibility index (Phi) is 5.88. The molecule has 0 aliphatic carbocycles. The first kappa shape index (κ1) is 17.3. The van der Waals surface area contributed by atoms with E-state index in [0.29, 0.717) is 11.7 Å². The first-order valence-corrected chi connectivity index (χ1v) is 8.69. The maximum Gasteiger partial charge on any atom is 0.171 e. The van der Waals surface area contributed by atoms with E-state index >= 15 is 0 Å². The van der Waals surface area contributed by atoms with E-state index in [9.17, 15) is 0 Å². The molecule has 3 N–H and O–H groups in total. The molecule has 0 bridgehead atoms. The van der Waals surface area contributed by atoms with E-state index in [4.69, 9.17) is 23.8 Å². The Morgan fingerprint density at radius 1 is 0.760 bits per heavy atom. The lowest BCUT2D eigenvalue weighted by Crippen LogP contribution is -2.27. The Morgan fingerprint density at radius 3 is 2.04 bits per heavy atom. The van der Waals surface area contributed by atoms with Crippen molar-refractivity contribution in [3.63, 3.8) is 0 Å². The molecular weight excluding hydrogens is 350 g/mol. The molecule has 0 spiro atoms. The molecule has 0 aliphatic heterocycles. The molecule has 126 valence electrons. The predicted octanol–water partition coefficient (Wildman–Crippen LogP) is 5.57. The second kappa shape index (κ2) is 8.51. The molecule has 3 aromatic rings. The summed E-state index contributed by atoms with van der Waals surface area (Å²) in [6.45, 7) is 0.649. The van der Waals surface area contributed by atoms with Crippen molar-refractivity contribution in [1.29, 1.82) is 0 Å². The van der Waals surface area contributed by atoms with Gasteiger partial charge in [-0.05, 0) is 66.3 Å². The minimum absolute atomic E-state index is 0.582. The molecule has 3 rings (SSSR count). The van der Waals surface area contributed by atoms with Crippen molar-refractivity contribution in [2.45, 2.75) is 6.54 Å². The molecule has 0 saturated heterocycles. The van der Waals surface area contributed by atoms with Gasteiger partial charge in [0.1, 0.15) is 0 Å². The number of benzene rings is 3. The van der Waals surface area contributed by atoms with Gasteiger partial charge in [0.2, 0.25) is 0 Å². The van der Waals surface area contributed by atoms with Crippen LogP contribution < -0.4 is 16.0 Å². The van der Waals surface area contributed by atoms with Gasteiger partial charge in [-0.3, -0.25) is 0 Å². The van der Waals surface area contributed by atoms with Crippen LogP contribution in [0.4, 0.5) is 17.1 Å². The Balaban J connectivity index is 1.50. The third-order valence-corrected chi connectivity index (χ3v) is 4.07. The van der Waals surface area contributed by atoms with Crippen molar-refractivity contribution in [2.75, 3.05) is 10.6 Å². The van der Waals surface area contributed by atoms with Crippen molar-refractivity contribution in [1.82, 2.24) is 5.32 Å². The minimum atomic E-state index is 0.582. The number of halogens is 1. The van der Waals surface area contributed by atoms with Crippen LogP contribution in [0.15, 0.2) is 78.9 Å². The third-order valence-electron chi connectivity index (χ3n) is 3.57. The summed E-state index contributed by atoms with van der Waals surface area (Å²) in [5.74, 6) is 0. The number of hydrogen-bond acceptors (Lipinski definition) is 2. The number of anilines is 3. The van der Waals surface area contributed by atoms with Gasteiger partial charge >= 0.3 is 0 Å². The Hall–Kier alpha value is -2.56. The molecule has 0 aromatic heterocycles. The van der Waals surface area contributed by atoms with Crippen LogP contribution in [0.3, 0.4) is 0 Å². The lowest BCUT2D eigenvalue weighted by molar-refractivity contribution is 0.926. The molecule has 0 radical (unpaired) electrons. The zero-order valence-electron chi connectivity index (χ0n) is 13.5. The molecule has 0 saturated carbocycles. The van der Waals surface area contributed by atoms with E-state index < -0.39 is 0 Å². The largest absolute Gasteiger partial charge is 0.358 e. The van der Waals surface area contributed by atoms with Crippen molar-refractivity contribution in [3.8, 4) is 0 Å². The summed E-state index contributed by atoms with van der Waals surface area (Å²) in [5.41, 5.74) is 4.14. The summed E-state index contributed by atoms with van der Waals surface area (Å²) < 4.78 is 0. The molecule has 5 heteroatoms. The highest BCUT2D eigenvalue weighted by molar-refractivity contribution is 7.80. The second-order valence-corrected chi connectivity index (χ2v) is 6.35. The van der Waals surface area contributed by atoms with Gasteiger partial charge in [-0.15, -0.1) is 0 Å². The van der Waals surface area contributed by atoms with Gasteiger partial charge < -0.3 is 16.0 Å². The van der Waals surface area contributed by atoms with Crippen LogP contribution in [0.5, 0.6) is 0 Å². The van der Waals surface area contributed by atoms with Crippen molar-refractivity contribution in [3.05, 3.63) is 89.4 Å². The molecular formula is C20H18ClN3S. The quantitative estimate of drug-likeness (QED) is 0.515.